The second-order valence-electron chi connectivity index (χ2n) is 5.18. The molecule has 0 N–H and O–H groups in total. The van der Waals surface area contributed by atoms with Crippen LogP contribution in [0.5, 0.6) is 0 Å². The van der Waals surface area contributed by atoms with Gasteiger partial charge in [-0.15, -0.1) is 11.6 Å². The lowest BCUT2D eigenvalue weighted by molar-refractivity contribution is 0.243. The van der Waals surface area contributed by atoms with Crippen molar-refractivity contribution < 1.29 is 4.39 Å². The third-order valence-electron chi connectivity index (χ3n) is 3.93. The predicted molar refractivity (Wildman–Crippen MR) is 81.6 cm³/mol. The Bertz CT molecular complexity index is 582. The molecular weight excluding hydrogens is 277 g/mol. The minimum atomic E-state index is -0.264. The van der Waals surface area contributed by atoms with Gasteiger partial charge in [0.1, 0.15) is 11.6 Å². The van der Waals surface area contributed by atoms with Crippen molar-refractivity contribution in [1.29, 1.82) is 0 Å². The molecule has 2 aromatic rings. The standard InChI is InChI=1S/C15H21ClFN3/c1-4-11(2)19(3)7-8-20-14-6-5-12(17)9-13(14)18-15(20)10-16/h5-6,9,11H,4,7-8,10H2,1-3H3. The lowest BCUT2D eigenvalue weighted by Crippen LogP contribution is -2.31. The maximum atomic E-state index is 13.3. The topological polar surface area (TPSA) is 21.1 Å². The Morgan fingerprint density at radius 1 is 1.45 bits per heavy atom. The van der Waals surface area contributed by atoms with Crippen molar-refractivity contribution in [2.45, 2.75) is 38.7 Å². The maximum Gasteiger partial charge on any atom is 0.125 e. The molecule has 1 unspecified atom stereocenters. The zero-order chi connectivity index (χ0) is 14.7. The molecule has 2 rings (SSSR count). The van der Waals surface area contributed by atoms with Crippen molar-refractivity contribution in [2.75, 3.05) is 13.6 Å². The number of nitrogens with zero attached hydrogens (tertiary/aromatic N) is 3. The molecule has 5 heteroatoms. The molecule has 0 saturated carbocycles. The Morgan fingerprint density at radius 2 is 2.20 bits per heavy atom. The Morgan fingerprint density at radius 3 is 2.85 bits per heavy atom. The normalized spacial score (nSPS) is 13.3. The number of hydrogen-bond donors (Lipinski definition) is 0. The molecule has 1 heterocycles. The van der Waals surface area contributed by atoms with Gasteiger partial charge in [0, 0.05) is 25.2 Å². The van der Waals surface area contributed by atoms with Gasteiger partial charge < -0.3 is 9.47 Å². The number of hydrogen-bond acceptors (Lipinski definition) is 2. The highest BCUT2D eigenvalue weighted by Crippen LogP contribution is 2.19. The van der Waals surface area contributed by atoms with Gasteiger partial charge in [0.25, 0.3) is 0 Å². The maximum absolute atomic E-state index is 13.3. The summed E-state index contributed by atoms with van der Waals surface area (Å²) < 4.78 is 15.3. The molecule has 110 valence electrons. The van der Waals surface area contributed by atoms with Crippen molar-refractivity contribution in [3.63, 3.8) is 0 Å². The Kier molecular flexibility index (Phi) is 5.00. The van der Waals surface area contributed by atoms with Crippen LogP contribution in [0.25, 0.3) is 11.0 Å². The summed E-state index contributed by atoms with van der Waals surface area (Å²) in [6, 6.07) is 5.25. The van der Waals surface area contributed by atoms with Gasteiger partial charge in [0.2, 0.25) is 0 Å². The molecular formula is C15H21ClFN3. The van der Waals surface area contributed by atoms with Gasteiger partial charge in [-0.3, -0.25) is 0 Å². The van der Waals surface area contributed by atoms with Crippen LogP contribution >= 0.6 is 11.6 Å². The van der Waals surface area contributed by atoms with Crippen LogP contribution in [0.4, 0.5) is 4.39 Å². The van der Waals surface area contributed by atoms with E-state index in [1.165, 1.54) is 12.1 Å². The summed E-state index contributed by atoms with van der Waals surface area (Å²) in [5.41, 5.74) is 1.62. The quantitative estimate of drug-likeness (QED) is 0.759. The van der Waals surface area contributed by atoms with E-state index in [9.17, 15) is 4.39 Å². The van der Waals surface area contributed by atoms with E-state index in [1.807, 2.05) is 0 Å². The van der Waals surface area contributed by atoms with Crippen molar-refractivity contribution in [1.82, 2.24) is 14.5 Å². The first kappa shape index (κ1) is 15.3. The van der Waals surface area contributed by atoms with Crippen molar-refractivity contribution in [3.8, 4) is 0 Å². The molecule has 0 radical (unpaired) electrons. The average molecular weight is 298 g/mol. The van der Waals surface area contributed by atoms with Crippen LogP contribution in [-0.4, -0.2) is 34.1 Å². The summed E-state index contributed by atoms with van der Waals surface area (Å²) in [5, 5.41) is 0. The third kappa shape index (κ3) is 3.13. The van der Waals surface area contributed by atoms with E-state index < -0.39 is 0 Å². The number of alkyl halides is 1. The number of imidazole rings is 1. The largest absolute Gasteiger partial charge is 0.326 e. The third-order valence-corrected chi connectivity index (χ3v) is 4.17. The smallest absolute Gasteiger partial charge is 0.125 e. The fourth-order valence-electron chi connectivity index (χ4n) is 2.29. The van der Waals surface area contributed by atoms with E-state index in [-0.39, 0.29) is 5.82 Å². The van der Waals surface area contributed by atoms with E-state index >= 15 is 0 Å². The Balaban J connectivity index is 2.24. The highest BCUT2D eigenvalue weighted by Gasteiger charge is 2.12. The van der Waals surface area contributed by atoms with Crippen LogP contribution < -0.4 is 0 Å². The van der Waals surface area contributed by atoms with Gasteiger partial charge in [-0.25, -0.2) is 9.37 Å². The summed E-state index contributed by atoms with van der Waals surface area (Å²) in [6.07, 6.45) is 1.12. The molecule has 0 aliphatic carbocycles. The molecule has 0 bridgehead atoms. The number of aromatic nitrogens is 2. The zero-order valence-electron chi connectivity index (χ0n) is 12.2. The van der Waals surface area contributed by atoms with Crippen LogP contribution in [0.1, 0.15) is 26.1 Å². The highest BCUT2D eigenvalue weighted by atomic mass is 35.5. The number of likely N-dealkylation sites (N-methyl/N-ethyl adjacent to an activating group) is 1. The first-order chi connectivity index (χ1) is 9.56. The molecule has 0 aliphatic heterocycles. The van der Waals surface area contributed by atoms with Gasteiger partial charge in [0.05, 0.1) is 16.9 Å². The number of fused-ring (bicyclic) bond motifs is 1. The molecule has 3 nitrogen and oxygen atoms in total. The highest BCUT2D eigenvalue weighted by molar-refractivity contribution is 6.16. The first-order valence-electron chi connectivity index (χ1n) is 6.97. The molecule has 0 saturated heterocycles. The second kappa shape index (κ2) is 6.55. The molecule has 20 heavy (non-hydrogen) atoms. The van der Waals surface area contributed by atoms with Crippen molar-refractivity contribution in [3.05, 3.63) is 29.8 Å². The Labute approximate surface area is 124 Å². The fourth-order valence-corrected chi connectivity index (χ4v) is 2.50. The van der Waals surface area contributed by atoms with Gasteiger partial charge in [-0.1, -0.05) is 6.92 Å². The van der Waals surface area contributed by atoms with Gasteiger partial charge in [-0.2, -0.15) is 0 Å². The number of benzene rings is 1. The average Bonchev–Trinajstić information content (AvgIpc) is 2.80. The van der Waals surface area contributed by atoms with Gasteiger partial charge >= 0.3 is 0 Å². The van der Waals surface area contributed by atoms with E-state index in [1.54, 1.807) is 6.07 Å². The lowest BCUT2D eigenvalue weighted by Gasteiger charge is -2.24. The van der Waals surface area contributed by atoms with Crippen LogP contribution in [-0.2, 0) is 12.4 Å². The second-order valence-corrected chi connectivity index (χ2v) is 5.45. The molecule has 1 atom stereocenters. The Hall–Kier alpha value is -1.13. The van der Waals surface area contributed by atoms with E-state index in [4.69, 9.17) is 11.6 Å². The molecule has 0 amide bonds. The van der Waals surface area contributed by atoms with E-state index in [2.05, 4.69) is 35.3 Å². The minimum Gasteiger partial charge on any atom is -0.326 e. The number of rotatable bonds is 6. The zero-order valence-corrected chi connectivity index (χ0v) is 13.0. The van der Waals surface area contributed by atoms with Crippen LogP contribution in [0.15, 0.2) is 18.2 Å². The predicted octanol–water partition coefficient (Wildman–Crippen LogP) is 3.64. The van der Waals surface area contributed by atoms with Crippen molar-refractivity contribution >= 4 is 22.6 Å². The molecule has 0 spiro atoms. The van der Waals surface area contributed by atoms with Crippen LogP contribution in [0.3, 0.4) is 0 Å². The lowest BCUT2D eigenvalue weighted by atomic mass is 10.2. The van der Waals surface area contributed by atoms with Crippen LogP contribution in [0.2, 0.25) is 0 Å². The minimum absolute atomic E-state index is 0.264. The van der Waals surface area contributed by atoms with Gasteiger partial charge in [0.15, 0.2) is 0 Å². The molecule has 1 aromatic heterocycles. The molecule has 0 fully saturated rings. The van der Waals surface area contributed by atoms with Gasteiger partial charge in [-0.05, 0) is 32.5 Å². The van der Waals surface area contributed by atoms with Crippen LogP contribution in [0, 0.1) is 5.82 Å². The summed E-state index contributed by atoms with van der Waals surface area (Å²) >= 11 is 5.96. The fraction of sp³-hybridized carbons (Fsp3) is 0.533. The SMILES string of the molecule is CCC(C)N(C)CCn1c(CCl)nc2cc(F)ccc21. The molecule has 1 aromatic carbocycles. The summed E-state index contributed by atoms with van der Waals surface area (Å²) in [4.78, 5) is 6.72. The van der Waals surface area contributed by atoms with Crippen molar-refractivity contribution in [2.24, 2.45) is 0 Å². The summed E-state index contributed by atoms with van der Waals surface area (Å²) in [5.74, 6) is 0.869. The van der Waals surface area contributed by atoms with E-state index in [0.29, 0.717) is 17.4 Å². The number of halogens is 2. The summed E-state index contributed by atoms with van der Waals surface area (Å²) in [6.45, 7) is 6.12. The summed E-state index contributed by atoms with van der Waals surface area (Å²) in [7, 11) is 2.12. The van der Waals surface area contributed by atoms with E-state index in [0.717, 1.165) is 30.9 Å². The first-order valence-corrected chi connectivity index (χ1v) is 7.51. The monoisotopic (exact) mass is 297 g/mol. The molecule has 0 aliphatic rings.